The zero-order valence-corrected chi connectivity index (χ0v) is 14.4. The minimum absolute atomic E-state index is 0.0981. The molecule has 2 N–H and O–H groups in total. The Balaban J connectivity index is 1.90. The van der Waals surface area contributed by atoms with Gasteiger partial charge in [0, 0.05) is 5.56 Å². The number of aromatic hydroxyl groups is 1. The molecule has 0 saturated heterocycles. The summed E-state index contributed by atoms with van der Waals surface area (Å²) >= 11 is 3.43. The summed E-state index contributed by atoms with van der Waals surface area (Å²) in [6, 6.07) is 10.6. The first-order valence-corrected chi connectivity index (χ1v) is 7.76. The highest BCUT2D eigenvalue weighted by Crippen LogP contribution is 2.30. The number of halogens is 1. The number of carbonyl (C=O) groups excluding carboxylic acids is 1. The summed E-state index contributed by atoms with van der Waals surface area (Å²) in [5.41, 5.74) is 4.93. The van der Waals surface area contributed by atoms with Gasteiger partial charge in [-0.1, -0.05) is 18.2 Å². The van der Waals surface area contributed by atoms with Crippen molar-refractivity contribution in [2.24, 2.45) is 5.10 Å². The molecule has 5 nitrogen and oxygen atoms in total. The first-order chi connectivity index (χ1) is 11.0. The number of hydrazone groups is 1. The van der Waals surface area contributed by atoms with E-state index < -0.39 is 0 Å². The molecule has 0 aliphatic carbocycles. The Labute approximate surface area is 143 Å². The Bertz CT molecular complexity index is 721. The predicted octanol–water partition coefficient (Wildman–Crippen LogP) is 3.30. The molecule has 23 heavy (non-hydrogen) atoms. The van der Waals surface area contributed by atoms with E-state index in [9.17, 15) is 9.90 Å². The van der Waals surface area contributed by atoms with Crippen molar-refractivity contribution >= 4 is 28.1 Å². The van der Waals surface area contributed by atoms with Gasteiger partial charge >= 0.3 is 0 Å². The summed E-state index contributed by atoms with van der Waals surface area (Å²) in [7, 11) is 0. The fraction of sp³-hybridized carbons (Fsp3) is 0.176. The summed E-state index contributed by atoms with van der Waals surface area (Å²) in [6.07, 6.45) is 1.38. The van der Waals surface area contributed by atoms with Crippen molar-refractivity contribution in [2.75, 3.05) is 6.61 Å². The van der Waals surface area contributed by atoms with Crippen LogP contribution in [-0.2, 0) is 4.79 Å². The normalized spacial score (nSPS) is 10.7. The summed E-state index contributed by atoms with van der Waals surface area (Å²) in [6.45, 7) is 3.75. The van der Waals surface area contributed by atoms with Crippen LogP contribution in [0.15, 0.2) is 46.0 Å². The second-order valence-electron chi connectivity index (χ2n) is 5.03. The number of phenols is 1. The van der Waals surface area contributed by atoms with E-state index in [1.54, 1.807) is 24.3 Å². The molecule has 0 heterocycles. The summed E-state index contributed by atoms with van der Waals surface area (Å²) in [4.78, 5) is 11.8. The van der Waals surface area contributed by atoms with Gasteiger partial charge in [0.1, 0.15) is 11.5 Å². The molecule has 0 unspecified atom stereocenters. The highest BCUT2D eigenvalue weighted by atomic mass is 79.9. The maximum Gasteiger partial charge on any atom is 0.277 e. The number of ether oxygens (including phenoxy) is 1. The van der Waals surface area contributed by atoms with E-state index in [-0.39, 0.29) is 18.3 Å². The number of hydrogen-bond donors (Lipinski definition) is 2. The van der Waals surface area contributed by atoms with Crippen molar-refractivity contribution in [1.82, 2.24) is 5.43 Å². The number of para-hydroxylation sites is 1. The molecule has 2 aromatic carbocycles. The van der Waals surface area contributed by atoms with Crippen molar-refractivity contribution in [2.45, 2.75) is 13.8 Å². The van der Waals surface area contributed by atoms with Crippen LogP contribution >= 0.6 is 15.9 Å². The van der Waals surface area contributed by atoms with E-state index in [1.807, 2.05) is 26.0 Å². The summed E-state index contributed by atoms with van der Waals surface area (Å²) in [5, 5.41) is 13.4. The van der Waals surface area contributed by atoms with Gasteiger partial charge in [-0.15, -0.1) is 0 Å². The highest BCUT2D eigenvalue weighted by molar-refractivity contribution is 9.10. The van der Waals surface area contributed by atoms with Gasteiger partial charge in [-0.25, -0.2) is 5.43 Å². The summed E-state index contributed by atoms with van der Waals surface area (Å²) in [5.74, 6) is 0.347. The van der Waals surface area contributed by atoms with Crippen molar-refractivity contribution in [1.29, 1.82) is 0 Å². The number of amides is 1. The second kappa shape index (κ2) is 7.78. The molecule has 0 saturated carbocycles. The molecule has 1 amide bonds. The molecule has 0 aliphatic rings. The van der Waals surface area contributed by atoms with Gasteiger partial charge in [0.05, 0.1) is 10.7 Å². The molecule has 0 bridgehead atoms. The van der Waals surface area contributed by atoms with E-state index in [1.165, 1.54) is 6.21 Å². The third-order valence-electron chi connectivity index (χ3n) is 3.05. The maximum absolute atomic E-state index is 11.8. The van der Waals surface area contributed by atoms with Crippen LogP contribution in [0.5, 0.6) is 11.5 Å². The van der Waals surface area contributed by atoms with Crippen LogP contribution in [0.1, 0.15) is 16.7 Å². The standard InChI is InChI=1S/C17H17BrN2O3/c1-11-7-12(2)17(14(18)8-11)23-10-16(22)20-19-9-13-5-3-4-6-15(13)21/h3-9,21H,10H2,1-2H3,(H,20,22). The van der Waals surface area contributed by atoms with Gasteiger partial charge in [0.2, 0.25) is 0 Å². The lowest BCUT2D eigenvalue weighted by Gasteiger charge is -2.11. The smallest absolute Gasteiger partial charge is 0.277 e. The predicted molar refractivity (Wildman–Crippen MR) is 93.0 cm³/mol. The van der Waals surface area contributed by atoms with Crippen LogP contribution < -0.4 is 10.2 Å². The lowest BCUT2D eigenvalue weighted by Crippen LogP contribution is -2.24. The number of benzene rings is 2. The van der Waals surface area contributed by atoms with Crippen molar-refractivity contribution in [3.05, 3.63) is 57.6 Å². The van der Waals surface area contributed by atoms with Crippen molar-refractivity contribution in [3.63, 3.8) is 0 Å². The maximum atomic E-state index is 11.8. The molecular weight excluding hydrogens is 360 g/mol. The van der Waals surface area contributed by atoms with Gasteiger partial charge in [0.25, 0.3) is 5.91 Å². The first kappa shape index (κ1) is 17.0. The average Bonchev–Trinajstić information content (AvgIpc) is 2.48. The number of rotatable bonds is 5. The molecular formula is C17H17BrN2O3. The molecule has 0 spiro atoms. The lowest BCUT2D eigenvalue weighted by atomic mass is 10.1. The number of hydrogen-bond acceptors (Lipinski definition) is 4. The van der Waals surface area contributed by atoms with E-state index in [0.717, 1.165) is 15.6 Å². The molecule has 6 heteroatoms. The monoisotopic (exact) mass is 376 g/mol. The molecule has 0 aliphatic heterocycles. The number of aryl methyl sites for hydroxylation is 2. The first-order valence-electron chi connectivity index (χ1n) is 6.97. The topological polar surface area (TPSA) is 70.9 Å². The highest BCUT2D eigenvalue weighted by Gasteiger charge is 2.08. The zero-order valence-electron chi connectivity index (χ0n) is 12.8. The van der Waals surface area contributed by atoms with Gasteiger partial charge < -0.3 is 9.84 Å². The Morgan fingerprint density at radius 1 is 1.35 bits per heavy atom. The SMILES string of the molecule is Cc1cc(C)c(OCC(=O)NN=Cc2ccccc2O)c(Br)c1. The van der Waals surface area contributed by atoms with Crippen molar-refractivity contribution < 1.29 is 14.6 Å². The molecule has 120 valence electrons. The molecule has 2 aromatic rings. The van der Waals surface area contributed by atoms with E-state index >= 15 is 0 Å². The number of nitrogens with one attached hydrogen (secondary N) is 1. The van der Waals surface area contributed by atoms with Crippen LogP contribution in [0.2, 0.25) is 0 Å². The van der Waals surface area contributed by atoms with Crippen LogP contribution in [-0.4, -0.2) is 23.8 Å². The largest absolute Gasteiger partial charge is 0.507 e. The third kappa shape index (κ3) is 4.82. The quantitative estimate of drug-likeness (QED) is 0.621. The van der Waals surface area contributed by atoms with E-state index in [2.05, 4.69) is 26.5 Å². The number of nitrogens with zero attached hydrogens (tertiary/aromatic N) is 1. The Hall–Kier alpha value is -2.34. The van der Waals surface area contributed by atoms with Crippen LogP contribution in [0.3, 0.4) is 0 Å². The minimum Gasteiger partial charge on any atom is -0.507 e. The van der Waals surface area contributed by atoms with E-state index in [0.29, 0.717) is 11.3 Å². The zero-order chi connectivity index (χ0) is 16.8. The van der Waals surface area contributed by atoms with Gasteiger partial charge in [-0.2, -0.15) is 5.10 Å². The second-order valence-corrected chi connectivity index (χ2v) is 5.89. The molecule has 2 rings (SSSR count). The minimum atomic E-state index is -0.386. The van der Waals surface area contributed by atoms with E-state index in [4.69, 9.17) is 4.74 Å². The van der Waals surface area contributed by atoms with Crippen LogP contribution in [0.25, 0.3) is 0 Å². The molecule has 0 fully saturated rings. The number of carbonyl (C=O) groups is 1. The molecule has 0 atom stereocenters. The van der Waals surface area contributed by atoms with Gasteiger partial charge in [-0.05, 0) is 59.1 Å². The third-order valence-corrected chi connectivity index (χ3v) is 3.64. The average molecular weight is 377 g/mol. The number of phenolic OH excluding ortho intramolecular Hbond substituents is 1. The molecule has 0 radical (unpaired) electrons. The van der Waals surface area contributed by atoms with Crippen molar-refractivity contribution in [3.8, 4) is 11.5 Å². The van der Waals surface area contributed by atoms with Gasteiger partial charge in [-0.3, -0.25) is 4.79 Å². The Morgan fingerprint density at radius 3 is 2.78 bits per heavy atom. The van der Waals surface area contributed by atoms with Gasteiger partial charge in [0.15, 0.2) is 6.61 Å². The summed E-state index contributed by atoms with van der Waals surface area (Å²) < 4.78 is 6.33. The Kier molecular flexibility index (Phi) is 5.76. The fourth-order valence-electron chi connectivity index (χ4n) is 2.03. The lowest BCUT2D eigenvalue weighted by molar-refractivity contribution is -0.123. The fourth-order valence-corrected chi connectivity index (χ4v) is 2.81. The molecule has 0 aromatic heterocycles. The van der Waals surface area contributed by atoms with Crippen LogP contribution in [0, 0.1) is 13.8 Å². The van der Waals surface area contributed by atoms with Crippen LogP contribution in [0.4, 0.5) is 0 Å². The Morgan fingerprint density at radius 2 is 2.09 bits per heavy atom.